The Morgan fingerprint density at radius 3 is 2.61 bits per heavy atom. The van der Waals surface area contributed by atoms with Crippen molar-refractivity contribution >= 4 is 5.91 Å². The molecule has 2 saturated carbocycles. The molecule has 2 rings (SSSR count). The van der Waals surface area contributed by atoms with E-state index in [1.807, 2.05) is 0 Å². The van der Waals surface area contributed by atoms with Crippen molar-refractivity contribution in [2.24, 2.45) is 22.5 Å². The van der Waals surface area contributed by atoms with E-state index in [4.69, 9.17) is 5.73 Å². The fourth-order valence-corrected chi connectivity index (χ4v) is 4.33. The molecule has 3 atom stereocenters. The molecule has 2 aliphatic rings. The standard InChI is InChI=1S/C15H28N2O/c1-14(2)11-7-8-15(3,10-11)13(14)17-12(18)6-4-5-9-16/h11,13H,4-10,16H2,1-3H3,(H,17,18). The summed E-state index contributed by atoms with van der Waals surface area (Å²) < 4.78 is 0. The zero-order valence-corrected chi connectivity index (χ0v) is 12.1. The van der Waals surface area contributed by atoms with Crippen LogP contribution in [0.25, 0.3) is 0 Å². The van der Waals surface area contributed by atoms with Gasteiger partial charge < -0.3 is 11.1 Å². The zero-order valence-electron chi connectivity index (χ0n) is 12.1. The van der Waals surface area contributed by atoms with E-state index < -0.39 is 0 Å². The number of hydrogen-bond acceptors (Lipinski definition) is 2. The van der Waals surface area contributed by atoms with Crippen LogP contribution in [0.15, 0.2) is 0 Å². The van der Waals surface area contributed by atoms with Gasteiger partial charge in [-0.2, -0.15) is 0 Å². The Morgan fingerprint density at radius 2 is 2.06 bits per heavy atom. The number of nitrogens with one attached hydrogen (secondary N) is 1. The van der Waals surface area contributed by atoms with Crippen molar-refractivity contribution in [1.29, 1.82) is 0 Å². The number of fused-ring (bicyclic) bond motifs is 2. The van der Waals surface area contributed by atoms with Crippen LogP contribution in [0.5, 0.6) is 0 Å². The normalized spacial score (nSPS) is 36.9. The molecule has 0 saturated heterocycles. The lowest BCUT2D eigenvalue weighted by molar-refractivity contribution is -0.124. The number of nitrogens with two attached hydrogens (primary N) is 1. The summed E-state index contributed by atoms with van der Waals surface area (Å²) in [5.74, 6) is 1.01. The van der Waals surface area contributed by atoms with E-state index in [1.54, 1.807) is 0 Å². The molecule has 0 aliphatic heterocycles. The van der Waals surface area contributed by atoms with E-state index in [0.717, 1.165) is 18.8 Å². The van der Waals surface area contributed by atoms with Gasteiger partial charge in [-0.05, 0) is 55.4 Å². The summed E-state index contributed by atoms with van der Waals surface area (Å²) in [6, 6.07) is 0.356. The van der Waals surface area contributed by atoms with Crippen molar-refractivity contribution in [1.82, 2.24) is 5.32 Å². The maximum atomic E-state index is 12.0. The molecule has 0 aromatic rings. The van der Waals surface area contributed by atoms with Crippen LogP contribution in [0.4, 0.5) is 0 Å². The summed E-state index contributed by atoms with van der Waals surface area (Å²) in [5.41, 5.74) is 6.05. The summed E-state index contributed by atoms with van der Waals surface area (Å²) in [6.07, 6.45) is 6.38. The van der Waals surface area contributed by atoms with Crippen LogP contribution in [0.1, 0.15) is 59.3 Å². The summed E-state index contributed by atoms with van der Waals surface area (Å²) in [7, 11) is 0. The van der Waals surface area contributed by atoms with E-state index in [-0.39, 0.29) is 11.3 Å². The van der Waals surface area contributed by atoms with Crippen molar-refractivity contribution in [3.8, 4) is 0 Å². The fraction of sp³-hybridized carbons (Fsp3) is 0.933. The average molecular weight is 252 g/mol. The first-order chi connectivity index (χ1) is 8.40. The number of rotatable bonds is 5. The average Bonchev–Trinajstić information content (AvgIpc) is 2.76. The second-order valence-corrected chi connectivity index (χ2v) is 7.16. The number of unbranched alkanes of at least 4 members (excludes halogenated alkanes) is 1. The first kappa shape index (κ1) is 13.9. The Kier molecular flexibility index (Phi) is 3.72. The van der Waals surface area contributed by atoms with Gasteiger partial charge in [-0.3, -0.25) is 4.79 Å². The van der Waals surface area contributed by atoms with Crippen LogP contribution < -0.4 is 11.1 Å². The molecule has 2 aliphatic carbocycles. The molecule has 3 nitrogen and oxygen atoms in total. The Morgan fingerprint density at radius 1 is 1.33 bits per heavy atom. The quantitative estimate of drug-likeness (QED) is 0.738. The smallest absolute Gasteiger partial charge is 0.220 e. The van der Waals surface area contributed by atoms with Gasteiger partial charge in [0.25, 0.3) is 0 Å². The molecule has 3 heteroatoms. The molecule has 0 heterocycles. The number of amides is 1. The number of carbonyl (C=O) groups excluding carboxylic acids is 1. The van der Waals surface area contributed by atoms with Gasteiger partial charge in [0, 0.05) is 12.5 Å². The Bertz CT molecular complexity index is 322. The van der Waals surface area contributed by atoms with Crippen molar-refractivity contribution in [3.63, 3.8) is 0 Å². The lowest BCUT2D eigenvalue weighted by Crippen LogP contribution is -2.52. The molecule has 0 aromatic carbocycles. The number of carbonyl (C=O) groups is 1. The molecule has 3 unspecified atom stereocenters. The minimum absolute atomic E-state index is 0.218. The first-order valence-corrected chi connectivity index (χ1v) is 7.39. The Hall–Kier alpha value is -0.570. The van der Waals surface area contributed by atoms with E-state index in [2.05, 4.69) is 26.1 Å². The Balaban J connectivity index is 1.94. The van der Waals surface area contributed by atoms with Gasteiger partial charge in [0.2, 0.25) is 5.91 Å². The van der Waals surface area contributed by atoms with Gasteiger partial charge >= 0.3 is 0 Å². The lowest BCUT2D eigenvalue weighted by Gasteiger charge is -2.43. The van der Waals surface area contributed by atoms with Crippen LogP contribution >= 0.6 is 0 Å². The molecule has 18 heavy (non-hydrogen) atoms. The van der Waals surface area contributed by atoms with Crippen molar-refractivity contribution in [2.75, 3.05) is 6.54 Å². The third-order valence-electron chi connectivity index (χ3n) is 5.43. The van der Waals surface area contributed by atoms with Gasteiger partial charge in [0.05, 0.1) is 0 Å². The second kappa shape index (κ2) is 4.84. The minimum Gasteiger partial charge on any atom is -0.352 e. The van der Waals surface area contributed by atoms with E-state index in [1.165, 1.54) is 19.3 Å². The molecule has 1 amide bonds. The van der Waals surface area contributed by atoms with Crippen LogP contribution in [0.2, 0.25) is 0 Å². The predicted octanol–water partition coefficient (Wildman–Crippen LogP) is 2.45. The second-order valence-electron chi connectivity index (χ2n) is 7.16. The van der Waals surface area contributed by atoms with Gasteiger partial charge in [-0.1, -0.05) is 20.8 Å². The van der Waals surface area contributed by atoms with Gasteiger partial charge in [-0.15, -0.1) is 0 Å². The van der Waals surface area contributed by atoms with E-state index in [9.17, 15) is 4.79 Å². The monoisotopic (exact) mass is 252 g/mol. The third-order valence-corrected chi connectivity index (χ3v) is 5.43. The van der Waals surface area contributed by atoms with E-state index >= 15 is 0 Å². The lowest BCUT2D eigenvalue weighted by atomic mass is 9.68. The highest BCUT2D eigenvalue weighted by atomic mass is 16.1. The van der Waals surface area contributed by atoms with Crippen LogP contribution in [0.3, 0.4) is 0 Å². The predicted molar refractivity (Wildman–Crippen MR) is 74.1 cm³/mol. The molecule has 2 bridgehead atoms. The zero-order chi connectivity index (χ0) is 13.4. The molecule has 0 spiro atoms. The molecule has 0 radical (unpaired) electrons. The van der Waals surface area contributed by atoms with Crippen LogP contribution in [-0.4, -0.2) is 18.5 Å². The topological polar surface area (TPSA) is 55.1 Å². The largest absolute Gasteiger partial charge is 0.352 e. The van der Waals surface area contributed by atoms with Crippen LogP contribution in [-0.2, 0) is 4.79 Å². The first-order valence-electron chi connectivity index (χ1n) is 7.39. The minimum atomic E-state index is 0.218. The SMILES string of the molecule is CC12CCC(C1)C(C)(C)C2NC(=O)CCCCN. The molecule has 104 valence electrons. The summed E-state index contributed by atoms with van der Waals surface area (Å²) in [4.78, 5) is 12.0. The highest BCUT2D eigenvalue weighted by Gasteiger charge is 2.59. The van der Waals surface area contributed by atoms with Gasteiger partial charge in [0.15, 0.2) is 0 Å². The fourth-order valence-electron chi connectivity index (χ4n) is 4.33. The number of hydrogen-bond donors (Lipinski definition) is 2. The van der Waals surface area contributed by atoms with Gasteiger partial charge in [0.1, 0.15) is 0 Å². The summed E-state index contributed by atoms with van der Waals surface area (Å²) in [6.45, 7) is 7.69. The summed E-state index contributed by atoms with van der Waals surface area (Å²) in [5, 5.41) is 3.32. The van der Waals surface area contributed by atoms with Crippen molar-refractivity contribution in [3.05, 3.63) is 0 Å². The molecule has 0 aromatic heterocycles. The van der Waals surface area contributed by atoms with Crippen molar-refractivity contribution in [2.45, 2.75) is 65.3 Å². The Labute approximate surface area is 111 Å². The maximum absolute atomic E-state index is 12.0. The maximum Gasteiger partial charge on any atom is 0.220 e. The molecule has 2 fully saturated rings. The van der Waals surface area contributed by atoms with E-state index in [0.29, 0.717) is 24.4 Å². The molecular formula is C15H28N2O. The molecular weight excluding hydrogens is 224 g/mol. The van der Waals surface area contributed by atoms with Crippen molar-refractivity contribution < 1.29 is 4.79 Å². The van der Waals surface area contributed by atoms with Crippen LogP contribution in [0, 0.1) is 16.7 Å². The highest BCUT2D eigenvalue weighted by molar-refractivity contribution is 5.76. The third kappa shape index (κ3) is 2.29. The van der Waals surface area contributed by atoms with Gasteiger partial charge in [-0.25, -0.2) is 0 Å². The summed E-state index contributed by atoms with van der Waals surface area (Å²) >= 11 is 0. The molecule has 3 N–H and O–H groups in total. The highest BCUT2D eigenvalue weighted by Crippen LogP contribution is 2.62.